The molecule has 0 aliphatic heterocycles. The number of carbonyl (C=O) groups excluding carboxylic acids is 1. The Labute approximate surface area is 89.9 Å². The van der Waals surface area contributed by atoms with Gasteiger partial charge in [0, 0.05) is 5.56 Å². The zero-order chi connectivity index (χ0) is 12.3. The van der Waals surface area contributed by atoms with Crippen molar-refractivity contribution >= 4 is 11.7 Å². The van der Waals surface area contributed by atoms with E-state index in [9.17, 15) is 18.7 Å². The Hall–Kier alpha value is -1.92. The average Bonchev–Trinajstić information content (AvgIpc) is 2.23. The van der Waals surface area contributed by atoms with Gasteiger partial charge in [0.25, 0.3) is 6.43 Å². The zero-order valence-electron chi connectivity index (χ0n) is 8.41. The van der Waals surface area contributed by atoms with E-state index in [1.54, 1.807) is 0 Å². The number of ether oxygens (including phenoxy) is 1. The molecule has 3 N–H and O–H groups in total. The fourth-order valence-corrected chi connectivity index (χ4v) is 1.15. The van der Waals surface area contributed by atoms with Crippen molar-refractivity contribution in [3.8, 4) is 5.75 Å². The van der Waals surface area contributed by atoms with Crippen molar-refractivity contribution in [2.75, 3.05) is 12.8 Å². The summed E-state index contributed by atoms with van der Waals surface area (Å²) in [4.78, 5) is 14.3. The highest BCUT2D eigenvalue weighted by Gasteiger charge is 2.20. The van der Waals surface area contributed by atoms with Crippen molar-refractivity contribution < 1.29 is 23.4 Å². The SMILES string of the molecule is COC(=O)Cc1c(O)cnc(C(F)F)c1N. The Bertz CT molecular complexity index is 410. The third-order valence-electron chi connectivity index (χ3n) is 1.99. The standard InChI is InChI=1S/C9H10F2N2O3/c1-16-6(15)2-4-5(14)3-13-8(7(4)12)9(10)11/h3,9,14H,2,12H2,1H3. The van der Waals surface area contributed by atoms with E-state index in [1.165, 1.54) is 0 Å². The summed E-state index contributed by atoms with van der Waals surface area (Å²) in [5.41, 5.74) is 4.23. The van der Waals surface area contributed by atoms with Gasteiger partial charge in [0.1, 0.15) is 11.4 Å². The van der Waals surface area contributed by atoms with Gasteiger partial charge in [0.2, 0.25) is 0 Å². The summed E-state index contributed by atoms with van der Waals surface area (Å²) in [6, 6.07) is 0. The van der Waals surface area contributed by atoms with Crippen LogP contribution in [0.3, 0.4) is 0 Å². The number of halogens is 2. The van der Waals surface area contributed by atoms with E-state index in [1.807, 2.05) is 0 Å². The number of nitrogens with zero attached hydrogens (tertiary/aromatic N) is 1. The van der Waals surface area contributed by atoms with Gasteiger partial charge in [-0.05, 0) is 0 Å². The first-order valence-electron chi connectivity index (χ1n) is 4.28. The topological polar surface area (TPSA) is 85.4 Å². The lowest BCUT2D eigenvalue weighted by Gasteiger charge is -2.10. The second-order valence-electron chi connectivity index (χ2n) is 2.97. The van der Waals surface area contributed by atoms with E-state index in [0.717, 1.165) is 13.3 Å². The molecule has 0 amide bonds. The number of nitrogens with two attached hydrogens (primary N) is 1. The van der Waals surface area contributed by atoms with E-state index < -0.39 is 23.8 Å². The molecule has 16 heavy (non-hydrogen) atoms. The fourth-order valence-electron chi connectivity index (χ4n) is 1.15. The Balaban J connectivity index is 3.16. The van der Waals surface area contributed by atoms with Gasteiger partial charge in [-0.1, -0.05) is 0 Å². The maximum absolute atomic E-state index is 12.4. The number of pyridine rings is 1. The van der Waals surface area contributed by atoms with Crippen molar-refractivity contribution in [2.24, 2.45) is 0 Å². The van der Waals surface area contributed by atoms with E-state index in [4.69, 9.17) is 5.73 Å². The summed E-state index contributed by atoms with van der Waals surface area (Å²) in [6.07, 6.45) is -2.41. The number of rotatable bonds is 3. The molecule has 88 valence electrons. The third kappa shape index (κ3) is 2.36. The van der Waals surface area contributed by atoms with Gasteiger partial charge < -0.3 is 15.6 Å². The monoisotopic (exact) mass is 232 g/mol. The Morgan fingerprint density at radius 1 is 1.69 bits per heavy atom. The van der Waals surface area contributed by atoms with Crippen molar-refractivity contribution in [3.05, 3.63) is 17.5 Å². The van der Waals surface area contributed by atoms with Crippen LogP contribution in [0, 0.1) is 0 Å². The Morgan fingerprint density at radius 3 is 2.81 bits per heavy atom. The van der Waals surface area contributed by atoms with E-state index in [0.29, 0.717) is 0 Å². The normalized spacial score (nSPS) is 10.5. The first-order chi connectivity index (χ1) is 7.47. The van der Waals surface area contributed by atoms with Crippen LogP contribution in [0.25, 0.3) is 0 Å². The highest BCUT2D eigenvalue weighted by atomic mass is 19.3. The van der Waals surface area contributed by atoms with Crippen LogP contribution in [0.15, 0.2) is 6.20 Å². The molecule has 1 rings (SSSR count). The van der Waals surface area contributed by atoms with Gasteiger partial charge in [-0.15, -0.1) is 0 Å². The van der Waals surface area contributed by atoms with Gasteiger partial charge in [-0.2, -0.15) is 0 Å². The number of aromatic nitrogens is 1. The number of anilines is 1. The molecule has 0 unspecified atom stereocenters. The molecule has 0 fully saturated rings. The lowest BCUT2D eigenvalue weighted by Crippen LogP contribution is -2.10. The first-order valence-corrected chi connectivity index (χ1v) is 4.28. The van der Waals surface area contributed by atoms with Crippen LogP contribution in [0.4, 0.5) is 14.5 Å². The molecule has 0 aliphatic rings. The highest BCUT2D eigenvalue weighted by Crippen LogP contribution is 2.31. The van der Waals surface area contributed by atoms with Crippen molar-refractivity contribution in [3.63, 3.8) is 0 Å². The maximum atomic E-state index is 12.4. The molecule has 1 heterocycles. The van der Waals surface area contributed by atoms with Gasteiger partial charge in [0.05, 0.1) is 25.4 Å². The van der Waals surface area contributed by atoms with Crippen molar-refractivity contribution in [1.82, 2.24) is 4.98 Å². The lowest BCUT2D eigenvalue weighted by atomic mass is 10.1. The predicted molar refractivity (Wildman–Crippen MR) is 51.0 cm³/mol. The number of nitrogen functional groups attached to an aromatic ring is 1. The molecule has 0 aliphatic carbocycles. The minimum Gasteiger partial charge on any atom is -0.506 e. The van der Waals surface area contributed by atoms with Crippen LogP contribution < -0.4 is 5.73 Å². The second-order valence-corrected chi connectivity index (χ2v) is 2.97. The lowest BCUT2D eigenvalue weighted by molar-refractivity contribution is -0.139. The molecule has 0 bridgehead atoms. The quantitative estimate of drug-likeness (QED) is 0.760. The molecule has 0 atom stereocenters. The van der Waals surface area contributed by atoms with Gasteiger partial charge in [-0.25, -0.2) is 13.8 Å². The van der Waals surface area contributed by atoms with Gasteiger partial charge in [0.15, 0.2) is 0 Å². The molecular weight excluding hydrogens is 222 g/mol. The molecule has 0 aromatic carbocycles. The summed E-state index contributed by atoms with van der Waals surface area (Å²) in [5, 5.41) is 9.35. The van der Waals surface area contributed by atoms with Gasteiger partial charge in [-0.3, -0.25) is 4.79 Å². The van der Waals surface area contributed by atoms with Crippen LogP contribution in [-0.4, -0.2) is 23.2 Å². The van der Waals surface area contributed by atoms with Crippen LogP contribution in [-0.2, 0) is 16.0 Å². The van der Waals surface area contributed by atoms with Crippen LogP contribution in [0.5, 0.6) is 5.75 Å². The highest BCUT2D eigenvalue weighted by molar-refractivity contribution is 5.76. The average molecular weight is 232 g/mol. The molecule has 5 nitrogen and oxygen atoms in total. The third-order valence-corrected chi connectivity index (χ3v) is 1.99. The maximum Gasteiger partial charge on any atom is 0.310 e. The number of methoxy groups -OCH3 is 1. The summed E-state index contributed by atoms with van der Waals surface area (Å²) in [5.74, 6) is -1.10. The summed E-state index contributed by atoms with van der Waals surface area (Å²) < 4.78 is 29.2. The first kappa shape index (κ1) is 12.2. The second kappa shape index (κ2) is 4.73. The molecule has 1 aromatic heterocycles. The van der Waals surface area contributed by atoms with Crippen LogP contribution in [0.1, 0.15) is 17.7 Å². The predicted octanol–water partition coefficient (Wildman–Crippen LogP) is 1.02. The molecule has 0 radical (unpaired) electrons. The van der Waals surface area contributed by atoms with E-state index >= 15 is 0 Å². The number of hydrogen-bond acceptors (Lipinski definition) is 5. The van der Waals surface area contributed by atoms with Crippen molar-refractivity contribution in [2.45, 2.75) is 12.8 Å². The molecule has 0 saturated heterocycles. The smallest absolute Gasteiger partial charge is 0.310 e. The number of carbonyl (C=O) groups is 1. The van der Waals surface area contributed by atoms with E-state index in [2.05, 4.69) is 9.72 Å². The summed E-state index contributed by atoms with van der Waals surface area (Å²) >= 11 is 0. The van der Waals surface area contributed by atoms with Crippen LogP contribution >= 0.6 is 0 Å². The molecular formula is C9H10F2N2O3. The van der Waals surface area contributed by atoms with Gasteiger partial charge >= 0.3 is 5.97 Å². The number of aromatic hydroxyl groups is 1. The fraction of sp³-hybridized carbons (Fsp3) is 0.333. The number of hydrogen-bond donors (Lipinski definition) is 2. The molecule has 0 saturated carbocycles. The minimum atomic E-state index is -2.86. The van der Waals surface area contributed by atoms with Crippen molar-refractivity contribution in [1.29, 1.82) is 0 Å². The summed E-state index contributed by atoms with van der Waals surface area (Å²) in [6.45, 7) is 0. The molecule has 7 heteroatoms. The Morgan fingerprint density at radius 2 is 2.31 bits per heavy atom. The molecule has 0 spiro atoms. The number of alkyl halides is 2. The Kier molecular flexibility index (Phi) is 3.60. The summed E-state index contributed by atoms with van der Waals surface area (Å²) in [7, 11) is 1.14. The number of esters is 1. The van der Waals surface area contributed by atoms with Crippen LogP contribution in [0.2, 0.25) is 0 Å². The zero-order valence-corrected chi connectivity index (χ0v) is 8.41. The van der Waals surface area contributed by atoms with E-state index in [-0.39, 0.29) is 17.7 Å². The molecule has 1 aromatic rings. The minimum absolute atomic E-state index is 0.0999. The largest absolute Gasteiger partial charge is 0.506 e.